The van der Waals surface area contributed by atoms with E-state index in [0.29, 0.717) is 5.02 Å². The Balaban J connectivity index is 2.56. The van der Waals surface area contributed by atoms with Gasteiger partial charge in [-0.15, -0.1) is 0 Å². The van der Waals surface area contributed by atoms with Crippen molar-refractivity contribution >= 4 is 11.6 Å². The monoisotopic (exact) mass is 254 g/mol. The lowest BCUT2D eigenvalue weighted by atomic mass is 10.1. The lowest BCUT2D eigenvalue weighted by molar-refractivity contribution is -0.178. The van der Waals surface area contributed by atoms with E-state index in [0.717, 1.165) is 0 Å². The number of ether oxygens (including phenoxy) is 1. The lowest BCUT2D eigenvalue weighted by Crippen LogP contribution is -2.35. The fourth-order valence-electron chi connectivity index (χ4n) is 0.964. The molecule has 7 heteroatoms. The minimum absolute atomic E-state index is 0.190. The van der Waals surface area contributed by atoms with Crippen LogP contribution >= 0.6 is 11.6 Å². The second-order valence-electron chi connectivity index (χ2n) is 3.12. The zero-order valence-electron chi connectivity index (χ0n) is 8.17. The Kier molecular flexibility index (Phi) is 4.37. The molecule has 90 valence electrons. The number of rotatable bonds is 4. The first-order valence-electron chi connectivity index (χ1n) is 4.43. The largest absolute Gasteiger partial charge is 0.491 e. The molecule has 0 spiro atoms. The van der Waals surface area contributed by atoms with Crippen LogP contribution in [0.25, 0.3) is 0 Å². The maximum Gasteiger partial charge on any atom is 0.396 e. The molecular weight excluding hydrogens is 245 g/mol. The second kappa shape index (κ2) is 5.36. The third kappa shape index (κ3) is 3.86. The summed E-state index contributed by atoms with van der Waals surface area (Å²) in [5.41, 5.74) is 5.01. The van der Waals surface area contributed by atoms with Crippen LogP contribution in [0.5, 0.6) is 5.75 Å². The first kappa shape index (κ1) is 13.1. The van der Waals surface area contributed by atoms with Crippen LogP contribution in [0.4, 0.5) is 13.2 Å². The molecular formula is C9H10ClF3N2O. The maximum absolute atomic E-state index is 12.3. The molecule has 0 radical (unpaired) electrons. The molecule has 0 amide bonds. The van der Waals surface area contributed by atoms with Gasteiger partial charge in [0, 0.05) is 18.8 Å². The highest BCUT2D eigenvalue weighted by molar-refractivity contribution is 6.30. The van der Waals surface area contributed by atoms with Gasteiger partial charge in [-0.1, -0.05) is 11.6 Å². The summed E-state index contributed by atoms with van der Waals surface area (Å²) in [6.45, 7) is -1.06. The predicted octanol–water partition coefficient (Wildman–Crippen LogP) is 2.25. The van der Waals surface area contributed by atoms with Crippen LogP contribution in [0, 0.1) is 5.92 Å². The van der Waals surface area contributed by atoms with Crippen LogP contribution in [0.3, 0.4) is 0 Å². The van der Waals surface area contributed by atoms with Crippen molar-refractivity contribution in [3.63, 3.8) is 0 Å². The van der Waals surface area contributed by atoms with Gasteiger partial charge in [-0.3, -0.25) is 4.98 Å². The first-order chi connectivity index (χ1) is 7.43. The summed E-state index contributed by atoms with van der Waals surface area (Å²) in [5.74, 6) is -1.50. The number of nitrogens with zero attached hydrogens (tertiary/aromatic N) is 1. The van der Waals surface area contributed by atoms with Crippen LogP contribution in [0.1, 0.15) is 0 Å². The highest BCUT2D eigenvalue weighted by atomic mass is 35.5. The zero-order chi connectivity index (χ0) is 12.2. The average molecular weight is 255 g/mol. The molecule has 0 saturated heterocycles. The van der Waals surface area contributed by atoms with Gasteiger partial charge in [0.25, 0.3) is 0 Å². The van der Waals surface area contributed by atoms with E-state index >= 15 is 0 Å². The topological polar surface area (TPSA) is 48.1 Å². The molecule has 0 aliphatic carbocycles. The van der Waals surface area contributed by atoms with E-state index in [1.54, 1.807) is 0 Å². The molecule has 1 rings (SSSR count). The normalized spacial score (nSPS) is 13.6. The fraction of sp³-hybridized carbons (Fsp3) is 0.444. The Labute approximate surface area is 95.4 Å². The molecule has 1 aromatic rings. The standard InChI is InChI=1S/C9H10ClF3N2O/c10-7-1-8(4-15-3-7)16-5-6(2-14)9(11,12)13/h1,3-4,6H,2,5,14H2. The van der Waals surface area contributed by atoms with Crippen molar-refractivity contribution < 1.29 is 17.9 Å². The summed E-state index contributed by atoms with van der Waals surface area (Å²) in [4.78, 5) is 3.68. The molecule has 3 nitrogen and oxygen atoms in total. The highest BCUT2D eigenvalue weighted by Gasteiger charge is 2.39. The molecule has 16 heavy (non-hydrogen) atoms. The molecule has 1 unspecified atom stereocenters. The molecule has 0 aliphatic rings. The number of aromatic nitrogens is 1. The van der Waals surface area contributed by atoms with E-state index in [2.05, 4.69) is 4.98 Å². The molecule has 0 aliphatic heterocycles. The summed E-state index contributed by atoms with van der Waals surface area (Å²) in [6, 6.07) is 1.39. The van der Waals surface area contributed by atoms with Crippen molar-refractivity contribution in [1.29, 1.82) is 0 Å². The van der Waals surface area contributed by atoms with Crippen molar-refractivity contribution in [3.05, 3.63) is 23.5 Å². The van der Waals surface area contributed by atoms with Gasteiger partial charge in [0.1, 0.15) is 18.3 Å². The third-order valence-corrected chi connectivity index (χ3v) is 2.09. The van der Waals surface area contributed by atoms with E-state index in [9.17, 15) is 13.2 Å². The molecule has 0 bridgehead atoms. The minimum atomic E-state index is -4.36. The van der Waals surface area contributed by atoms with Gasteiger partial charge in [0.15, 0.2) is 0 Å². The summed E-state index contributed by atoms with van der Waals surface area (Å²) in [7, 11) is 0. The lowest BCUT2D eigenvalue weighted by Gasteiger charge is -2.18. The maximum atomic E-state index is 12.3. The minimum Gasteiger partial charge on any atom is -0.491 e. The number of alkyl halides is 3. The van der Waals surface area contributed by atoms with Gasteiger partial charge in [-0.05, 0) is 0 Å². The zero-order valence-corrected chi connectivity index (χ0v) is 8.92. The van der Waals surface area contributed by atoms with Crippen molar-refractivity contribution in [2.75, 3.05) is 13.2 Å². The summed E-state index contributed by atoms with van der Waals surface area (Å²) < 4.78 is 41.8. The number of pyridine rings is 1. The van der Waals surface area contributed by atoms with Crippen molar-refractivity contribution in [2.45, 2.75) is 6.18 Å². The quantitative estimate of drug-likeness (QED) is 0.897. The van der Waals surface area contributed by atoms with Crippen molar-refractivity contribution in [1.82, 2.24) is 4.98 Å². The Hall–Kier alpha value is -1.01. The van der Waals surface area contributed by atoms with Crippen molar-refractivity contribution in [3.8, 4) is 5.75 Å². The summed E-state index contributed by atoms with van der Waals surface area (Å²) in [6.07, 6.45) is -1.71. The van der Waals surface area contributed by atoms with Gasteiger partial charge in [0.2, 0.25) is 0 Å². The van der Waals surface area contributed by atoms with E-state index in [1.807, 2.05) is 0 Å². The second-order valence-corrected chi connectivity index (χ2v) is 3.56. The third-order valence-electron chi connectivity index (χ3n) is 1.88. The summed E-state index contributed by atoms with van der Waals surface area (Å²) >= 11 is 5.59. The summed E-state index contributed by atoms with van der Waals surface area (Å²) in [5, 5.41) is 0.300. The Morgan fingerprint density at radius 1 is 1.44 bits per heavy atom. The van der Waals surface area contributed by atoms with Gasteiger partial charge < -0.3 is 10.5 Å². The van der Waals surface area contributed by atoms with Gasteiger partial charge >= 0.3 is 6.18 Å². The Bertz CT molecular complexity index is 346. The number of hydrogen-bond acceptors (Lipinski definition) is 3. The van der Waals surface area contributed by atoms with E-state index in [1.165, 1.54) is 18.5 Å². The van der Waals surface area contributed by atoms with Crippen LogP contribution in [0.15, 0.2) is 18.5 Å². The van der Waals surface area contributed by atoms with Crippen LogP contribution in [0.2, 0.25) is 5.02 Å². The number of hydrogen-bond donors (Lipinski definition) is 1. The molecule has 0 aromatic carbocycles. The Morgan fingerprint density at radius 2 is 2.12 bits per heavy atom. The molecule has 1 atom stereocenters. The molecule has 2 N–H and O–H groups in total. The van der Waals surface area contributed by atoms with Crippen LogP contribution in [-0.2, 0) is 0 Å². The van der Waals surface area contributed by atoms with Crippen molar-refractivity contribution in [2.24, 2.45) is 11.7 Å². The average Bonchev–Trinajstić information content (AvgIpc) is 2.16. The molecule has 1 heterocycles. The van der Waals surface area contributed by atoms with Crippen LogP contribution in [-0.4, -0.2) is 24.3 Å². The van der Waals surface area contributed by atoms with E-state index < -0.39 is 25.2 Å². The van der Waals surface area contributed by atoms with Gasteiger partial charge in [0.05, 0.1) is 11.2 Å². The van der Waals surface area contributed by atoms with Gasteiger partial charge in [-0.25, -0.2) is 0 Å². The Morgan fingerprint density at radius 3 is 2.62 bits per heavy atom. The van der Waals surface area contributed by atoms with Crippen LogP contribution < -0.4 is 10.5 Å². The smallest absolute Gasteiger partial charge is 0.396 e. The highest BCUT2D eigenvalue weighted by Crippen LogP contribution is 2.26. The molecule has 0 saturated carbocycles. The van der Waals surface area contributed by atoms with Gasteiger partial charge in [-0.2, -0.15) is 13.2 Å². The predicted molar refractivity (Wildman–Crippen MR) is 53.3 cm³/mol. The SMILES string of the molecule is NCC(COc1cncc(Cl)c1)C(F)(F)F. The first-order valence-corrected chi connectivity index (χ1v) is 4.81. The molecule has 0 fully saturated rings. The fourth-order valence-corrected chi connectivity index (χ4v) is 1.13. The van der Waals surface area contributed by atoms with E-state index in [-0.39, 0.29) is 5.75 Å². The number of halogens is 4. The molecule has 1 aromatic heterocycles. The van der Waals surface area contributed by atoms with E-state index in [4.69, 9.17) is 22.1 Å². The number of nitrogens with two attached hydrogens (primary N) is 1.